The maximum absolute atomic E-state index is 12.8. The van der Waals surface area contributed by atoms with Crippen molar-refractivity contribution in [2.75, 3.05) is 14.2 Å². The summed E-state index contributed by atoms with van der Waals surface area (Å²) < 4.78 is 10.6. The van der Waals surface area contributed by atoms with Crippen LogP contribution >= 0.6 is 11.3 Å². The molecule has 0 saturated carbocycles. The summed E-state index contributed by atoms with van der Waals surface area (Å²) in [5, 5.41) is 10.4. The molecule has 7 heteroatoms. The fourth-order valence-corrected chi connectivity index (χ4v) is 5.12. The van der Waals surface area contributed by atoms with E-state index in [-0.39, 0.29) is 17.0 Å². The van der Waals surface area contributed by atoms with Crippen LogP contribution in [0.4, 0.5) is 0 Å². The number of aryl methyl sites for hydroxylation is 1. The van der Waals surface area contributed by atoms with Gasteiger partial charge in [-0.2, -0.15) is 5.26 Å². The third kappa shape index (κ3) is 3.52. The topological polar surface area (TPSA) is 88.0 Å². The average molecular weight is 407 g/mol. The summed E-state index contributed by atoms with van der Waals surface area (Å²) in [5.41, 5.74) is 1.99. The molecule has 1 aliphatic rings. The van der Waals surface area contributed by atoms with E-state index in [0.717, 1.165) is 30.4 Å². The number of aromatic amines is 1. The Labute approximate surface area is 172 Å². The van der Waals surface area contributed by atoms with Crippen molar-refractivity contribution in [2.45, 2.75) is 26.2 Å². The van der Waals surface area contributed by atoms with E-state index < -0.39 is 0 Å². The second kappa shape index (κ2) is 7.72. The summed E-state index contributed by atoms with van der Waals surface area (Å²) in [5.74, 6) is 2.07. The zero-order valence-electron chi connectivity index (χ0n) is 16.5. The number of aromatic nitrogens is 2. The Kier molecular flexibility index (Phi) is 5.12. The number of H-pyrrole nitrogens is 1. The van der Waals surface area contributed by atoms with Gasteiger partial charge in [-0.1, -0.05) is 13.0 Å². The third-order valence-corrected chi connectivity index (χ3v) is 6.41. The SMILES string of the molecule is COc1ccc(/C=C(/C#N)c2nc3sc4c(c3c(=O)[nH]2)CC[C@@H](C)C4)cc1OC. The minimum absolute atomic E-state index is 0.175. The van der Waals surface area contributed by atoms with Crippen molar-refractivity contribution < 1.29 is 9.47 Å². The number of hydrogen-bond acceptors (Lipinski definition) is 6. The fraction of sp³-hybridized carbons (Fsp3) is 0.318. The lowest BCUT2D eigenvalue weighted by Gasteiger charge is -2.17. The number of ether oxygens (including phenoxy) is 2. The van der Waals surface area contributed by atoms with Crippen molar-refractivity contribution in [3.63, 3.8) is 0 Å². The van der Waals surface area contributed by atoms with Crippen molar-refractivity contribution in [2.24, 2.45) is 5.92 Å². The zero-order valence-corrected chi connectivity index (χ0v) is 17.4. The van der Waals surface area contributed by atoms with E-state index in [1.807, 2.05) is 6.07 Å². The number of fused-ring (bicyclic) bond motifs is 3. The minimum atomic E-state index is -0.175. The smallest absolute Gasteiger partial charge is 0.260 e. The number of allylic oxidation sites excluding steroid dienone is 1. The van der Waals surface area contributed by atoms with Gasteiger partial charge in [-0.15, -0.1) is 11.3 Å². The Morgan fingerprint density at radius 3 is 2.86 bits per heavy atom. The maximum atomic E-state index is 12.8. The van der Waals surface area contributed by atoms with E-state index >= 15 is 0 Å². The lowest BCUT2D eigenvalue weighted by atomic mass is 9.89. The summed E-state index contributed by atoms with van der Waals surface area (Å²) >= 11 is 1.57. The summed E-state index contributed by atoms with van der Waals surface area (Å²) in [7, 11) is 3.13. The highest BCUT2D eigenvalue weighted by Crippen LogP contribution is 2.36. The highest BCUT2D eigenvalue weighted by molar-refractivity contribution is 7.18. The first-order chi connectivity index (χ1) is 14.0. The first-order valence-electron chi connectivity index (χ1n) is 9.42. The fourth-order valence-electron chi connectivity index (χ4n) is 3.74. The molecule has 0 radical (unpaired) electrons. The first kappa shape index (κ1) is 19.2. The van der Waals surface area contributed by atoms with Gasteiger partial charge in [0.05, 0.1) is 25.2 Å². The van der Waals surface area contributed by atoms with Gasteiger partial charge in [-0.25, -0.2) is 4.98 Å². The molecule has 4 rings (SSSR count). The molecule has 3 aromatic rings. The van der Waals surface area contributed by atoms with Crippen molar-refractivity contribution in [1.29, 1.82) is 5.26 Å². The van der Waals surface area contributed by atoms with Crippen molar-refractivity contribution in [1.82, 2.24) is 9.97 Å². The molecule has 0 bridgehead atoms. The molecule has 6 nitrogen and oxygen atoms in total. The standard InChI is InChI=1S/C22H21N3O3S/c1-12-4-6-15-18(8-12)29-22-19(15)21(26)24-20(25-22)14(11-23)9-13-5-7-16(27-2)17(10-13)28-3/h5,7,9-10,12H,4,6,8H2,1-3H3,(H,24,25,26)/b14-9-/t12-/m1/s1. The first-order valence-corrected chi connectivity index (χ1v) is 10.2. The van der Waals surface area contributed by atoms with Crippen molar-refractivity contribution >= 4 is 33.2 Å². The van der Waals surface area contributed by atoms with Crippen LogP contribution in [0, 0.1) is 17.2 Å². The van der Waals surface area contributed by atoms with E-state index in [9.17, 15) is 10.1 Å². The van der Waals surface area contributed by atoms with Gasteiger partial charge in [0.15, 0.2) is 17.3 Å². The zero-order chi connectivity index (χ0) is 20.5. The van der Waals surface area contributed by atoms with Crippen LogP contribution in [-0.2, 0) is 12.8 Å². The van der Waals surface area contributed by atoms with Crippen LogP contribution in [0.15, 0.2) is 23.0 Å². The summed E-state index contributed by atoms with van der Waals surface area (Å²) in [6.07, 6.45) is 4.66. The van der Waals surface area contributed by atoms with E-state index in [1.165, 1.54) is 4.88 Å². The van der Waals surface area contributed by atoms with Gasteiger partial charge in [-0.05, 0) is 54.5 Å². The minimum Gasteiger partial charge on any atom is -0.493 e. The molecule has 0 amide bonds. The van der Waals surface area contributed by atoms with E-state index in [1.54, 1.807) is 43.8 Å². The quantitative estimate of drug-likeness (QED) is 0.655. The molecule has 2 heterocycles. The number of rotatable bonds is 4. The highest BCUT2D eigenvalue weighted by atomic mass is 32.1. The molecule has 2 aromatic heterocycles. The number of benzene rings is 1. The summed E-state index contributed by atoms with van der Waals surface area (Å²) in [6.45, 7) is 2.23. The Morgan fingerprint density at radius 2 is 2.14 bits per heavy atom. The van der Waals surface area contributed by atoms with Gasteiger partial charge in [0.2, 0.25) is 0 Å². The molecule has 1 atom stereocenters. The molecule has 148 valence electrons. The second-order valence-electron chi connectivity index (χ2n) is 7.23. The van der Waals surface area contributed by atoms with Crippen LogP contribution in [0.3, 0.4) is 0 Å². The molecule has 0 spiro atoms. The summed E-state index contributed by atoms with van der Waals surface area (Å²) in [6, 6.07) is 7.52. The monoisotopic (exact) mass is 407 g/mol. The molecular weight excluding hydrogens is 386 g/mol. The number of thiophene rings is 1. The third-order valence-electron chi connectivity index (χ3n) is 5.26. The lowest BCUT2D eigenvalue weighted by Crippen LogP contribution is -2.14. The molecule has 0 aliphatic heterocycles. The Balaban J connectivity index is 1.79. The van der Waals surface area contributed by atoms with Crippen molar-refractivity contribution in [3.05, 3.63) is 50.4 Å². The predicted octanol–water partition coefficient (Wildman–Crippen LogP) is 4.19. The van der Waals surface area contributed by atoms with Crippen LogP contribution < -0.4 is 15.0 Å². The molecule has 1 aromatic carbocycles. The van der Waals surface area contributed by atoms with E-state index in [0.29, 0.717) is 27.6 Å². The van der Waals surface area contributed by atoms with Crippen LogP contribution in [0.1, 0.15) is 35.2 Å². The number of nitrogens with one attached hydrogen (secondary N) is 1. The lowest BCUT2D eigenvalue weighted by molar-refractivity contribution is 0.355. The number of hydrogen-bond donors (Lipinski definition) is 1. The van der Waals surface area contributed by atoms with Gasteiger partial charge in [0.25, 0.3) is 5.56 Å². The van der Waals surface area contributed by atoms with Gasteiger partial charge in [-0.3, -0.25) is 4.79 Å². The van der Waals surface area contributed by atoms with Crippen LogP contribution in [0.25, 0.3) is 21.9 Å². The van der Waals surface area contributed by atoms with Crippen molar-refractivity contribution in [3.8, 4) is 17.6 Å². The molecule has 1 N–H and O–H groups in total. The Morgan fingerprint density at radius 1 is 1.34 bits per heavy atom. The molecule has 1 aliphatic carbocycles. The maximum Gasteiger partial charge on any atom is 0.260 e. The molecule has 0 saturated heterocycles. The average Bonchev–Trinajstić information content (AvgIpc) is 3.09. The molecular formula is C22H21N3O3S. The van der Waals surface area contributed by atoms with Crippen LogP contribution in [0.5, 0.6) is 11.5 Å². The number of nitriles is 1. The molecule has 0 fully saturated rings. The number of nitrogens with zero attached hydrogens (tertiary/aromatic N) is 2. The van der Waals surface area contributed by atoms with E-state index in [4.69, 9.17) is 9.47 Å². The van der Waals surface area contributed by atoms with Crippen LogP contribution in [0.2, 0.25) is 0 Å². The highest BCUT2D eigenvalue weighted by Gasteiger charge is 2.23. The number of methoxy groups -OCH3 is 2. The Bertz CT molecular complexity index is 1220. The van der Waals surface area contributed by atoms with Gasteiger partial charge < -0.3 is 14.5 Å². The largest absolute Gasteiger partial charge is 0.493 e. The second-order valence-corrected chi connectivity index (χ2v) is 8.31. The molecule has 0 unspecified atom stereocenters. The molecule has 29 heavy (non-hydrogen) atoms. The van der Waals surface area contributed by atoms with Gasteiger partial charge in [0, 0.05) is 4.88 Å². The predicted molar refractivity (Wildman–Crippen MR) is 114 cm³/mol. The van der Waals surface area contributed by atoms with Gasteiger partial charge in [0.1, 0.15) is 10.9 Å². The van der Waals surface area contributed by atoms with E-state index in [2.05, 4.69) is 23.0 Å². The normalized spacial score (nSPS) is 16.3. The Hall–Kier alpha value is -3.11. The summed E-state index contributed by atoms with van der Waals surface area (Å²) in [4.78, 5) is 22.2. The van der Waals surface area contributed by atoms with Crippen LogP contribution in [-0.4, -0.2) is 24.2 Å². The van der Waals surface area contributed by atoms with Gasteiger partial charge >= 0.3 is 0 Å².